The van der Waals surface area contributed by atoms with E-state index < -0.39 is 23.2 Å². The maximum Gasteiger partial charge on any atom is 0.328 e. The number of ether oxygens (including phenoxy) is 1. The van der Waals surface area contributed by atoms with E-state index >= 15 is 0 Å². The van der Waals surface area contributed by atoms with Gasteiger partial charge in [-0.25, -0.2) is 4.79 Å². The van der Waals surface area contributed by atoms with Gasteiger partial charge < -0.3 is 14.7 Å². The fourth-order valence-electron chi connectivity index (χ4n) is 4.03. The molecule has 7 heteroatoms. The number of aryl methyl sites for hydroxylation is 1. The van der Waals surface area contributed by atoms with Crippen LogP contribution in [0, 0.1) is 12.3 Å². The number of hydrogen-bond acceptors (Lipinski definition) is 4. The second-order valence-corrected chi connectivity index (χ2v) is 8.64. The van der Waals surface area contributed by atoms with Crippen LogP contribution in [0.15, 0.2) is 24.3 Å². The predicted octanol–water partition coefficient (Wildman–Crippen LogP) is 2.29. The fourth-order valence-corrected chi connectivity index (χ4v) is 4.03. The Kier molecular flexibility index (Phi) is 5.23. The lowest BCUT2D eigenvalue weighted by molar-refractivity contribution is -0.152. The van der Waals surface area contributed by atoms with Gasteiger partial charge in [-0.3, -0.25) is 14.5 Å². The van der Waals surface area contributed by atoms with Gasteiger partial charge in [0, 0.05) is 36.9 Å². The Morgan fingerprint density at radius 2 is 1.75 bits per heavy atom. The molecule has 0 unspecified atom stereocenters. The minimum absolute atomic E-state index is 0.0415. The van der Waals surface area contributed by atoms with Crippen molar-refractivity contribution in [2.75, 3.05) is 19.7 Å². The number of hydrogen-bond donors (Lipinski definition) is 1. The number of benzene rings is 1. The van der Waals surface area contributed by atoms with Crippen molar-refractivity contribution in [2.24, 2.45) is 5.41 Å². The van der Waals surface area contributed by atoms with E-state index in [1.165, 1.54) is 4.90 Å². The second-order valence-electron chi connectivity index (χ2n) is 8.64. The summed E-state index contributed by atoms with van der Waals surface area (Å²) >= 11 is 0. The molecule has 1 N–H and O–H groups in total. The quantitative estimate of drug-likeness (QED) is 0.840. The number of carboxylic acids is 1. The third-order valence-corrected chi connectivity index (χ3v) is 5.61. The van der Waals surface area contributed by atoms with Gasteiger partial charge in [0.25, 0.3) is 5.91 Å². The zero-order valence-electron chi connectivity index (χ0n) is 16.9. The topological polar surface area (TPSA) is 87.2 Å². The van der Waals surface area contributed by atoms with Crippen molar-refractivity contribution >= 4 is 17.8 Å². The third kappa shape index (κ3) is 3.51. The highest BCUT2D eigenvalue weighted by molar-refractivity contribution is 5.98. The molecular formula is C21H28N2O5. The van der Waals surface area contributed by atoms with Crippen LogP contribution in [0.25, 0.3) is 0 Å². The molecule has 0 aliphatic carbocycles. The molecule has 0 bridgehead atoms. The van der Waals surface area contributed by atoms with Crippen molar-refractivity contribution < 1.29 is 24.2 Å². The number of rotatable bonds is 2. The van der Waals surface area contributed by atoms with Gasteiger partial charge in [-0.05, 0) is 18.6 Å². The first-order valence-corrected chi connectivity index (χ1v) is 9.62. The average Bonchev–Trinajstić information content (AvgIpc) is 3.00. The molecule has 1 aromatic rings. The van der Waals surface area contributed by atoms with Gasteiger partial charge in [-0.1, -0.05) is 39.0 Å². The summed E-state index contributed by atoms with van der Waals surface area (Å²) in [5.74, 6) is -1.36. The summed E-state index contributed by atoms with van der Waals surface area (Å²) in [4.78, 5) is 40.9. The van der Waals surface area contributed by atoms with E-state index in [9.17, 15) is 19.5 Å². The fraction of sp³-hybridized carbons (Fsp3) is 0.571. The molecule has 152 valence electrons. The smallest absolute Gasteiger partial charge is 0.328 e. The number of likely N-dealkylation sites (tertiary alicyclic amines) is 1. The van der Waals surface area contributed by atoms with Gasteiger partial charge in [0.1, 0.15) is 5.72 Å². The molecule has 0 radical (unpaired) electrons. The van der Waals surface area contributed by atoms with E-state index in [1.807, 2.05) is 39.8 Å². The minimum Gasteiger partial charge on any atom is -0.480 e. The molecule has 2 aliphatic heterocycles. The highest BCUT2D eigenvalue weighted by atomic mass is 16.5. The van der Waals surface area contributed by atoms with Crippen molar-refractivity contribution in [3.05, 3.63) is 35.4 Å². The van der Waals surface area contributed by atoms with Crippen molar-refractivity contribution in [3.63, 3.8) is 0 Å². The standard InChI is InChI=1S/C21H28N2O5/c1-14-7-5-6-8-15(14)17(24)23-16(18(25)26)13-28-21(23)9-11-22(12-10-21)19(27)20(2,3)4/h5-8,16H,9-13H2,1-4H3,(H,25,26)/t16-/m0/s1. The van der Waals surface area contributed by atoms with Crippen molar-refractivity contribution in [2.45, 2.75) is 52.3 Å². The van der Waals surface area contributed by atoms with Crippen LogP contribution >= 0.6 is 0 Å². The van der Waals surface area contributed by atoms with Crippen LogP contribution in [-0.4, -0.2) is 64.2 Å². The first-order valence-electron chi connectivity index (χ1n) is 9.62. The van der Waals surface area contributed by atoms with Crippen LogP contribution < -0.4 is 0 Å². The van der Waals surface area contributed by atoms with Gasteiger partial charge in [0.2, 0.25) is 5.91 Å². The number of carboxylic acid groups (broad SMARTS) is 1. The van der Waals surface area contributed by atoms with E-state index in [4.69, 9.17) is 4.74 Å². The van der Waals surface area contributed by atoms with Crippen molar-refractivity contribution in [1.29, 1.82) is 0 Å². The second kappa shape index (κ2) is 7.20. The molecule has 0 aromatic heterocycles. The zero-order valence-corrected chi connectivity index (χ0v) is 16.9. The highest BCUT2D eigenvalue weighted by Crippen LogP contribution is 2.39. The average molecular weight is 388 g/mol. The number of piperidine rings is 1. The highest BCUT2D eigenvalue weighted by Gasteiger charge is 2.54. The Hall–Kier alpha value is -2.41. The van der Waals surface area contributed by atoms with Crippen LogP contribution in [0.5, 0.6) is 0 Å². The maximum atomic E-state index is 13.3. The van der Waals surface area contributed by atoms with Crippen LogP contribution in [0.3, 0.4) is 0 Å². The van der Waals surface area contributed by atoms with Crippen molar-refractivity contribution in [1.82, 2.24) is 9.80 Å². The molecule has 2 heterocycles. The lowest BCUT2D eigenvalue weighted by atomic mass is 9.91. The molecule has 2 amide bonds. The Balaban J connectivity index is 1.88. The van der Waals surface area contributed by atoms with Gasteiger partial charge in [0.15, 0.2) is 6.04 Å². The monoisotopic (exact) mass is 388 g/mol. The van der Waals surface area contributed by atoms with Crippen molar-refractivity contribution in [3.8, 4) is 0 Å². The number of nitrogens with zero attached hydrogens (tertiary/aromatic N) is 2. The van der Waals surface area contributed by atoms with Crippen LogP contribution in [-0.2, 0) is 14.3 Å². The Bertz CT molecular complexity index is 790. The van der Waals surface area contributed by atoms with E-state index in [-0.39, 0.29) is 18.4 Å². The Labute approximate surface area is 165 Å². The minimum atomic E-state index is -1.08. The molecule has 3 rings (SSSR count). The summed E-state index contributed by atoms with van der Waals surface area (Å²) in [6.07, 6.45) is 0.798. The van der Waals surface area contributed by atoms with Gasteiger partial charge in [-0.2, -0.15) is 0 Å². The predicted molar refractivity (Wildman–Crippen MR) is 103 cm³/mol. The summed E-state index contributed by atoms with van der Waals surface area (Å²) in [6, 6.07) is 6.12. The first-order chi connectivity index (χ1) is 13.1. The number of carbonyl (C=O) groups excluding carboxylic acids is 2. The van der Waals surface area contributed by atoms with E-state index in [2.05, 4.69) is 0 Å². The molecule has 1 spiro atoms. The molecule has 2 saturated heterocycles. The van der Waals surface area contributed by atoms with E-state index in [0.717, 1.165) is 5.56 Å². The molecule has 1 atom stereocenters. The SMILES string of the molecule is Cc1ccccc1C(=O)N1[C@H](C(=O)O)COC12CCN(C(=O)C(C)(C)C)CC2. The summed E-state index contributed by atoms with van der Waals surface area (Å²) in [5, 5.41) is 9.67. The lowest BCUT2D eigenvalue weighted by Gasteiger charge is -2.45. The van der Waals surface area contributed by atoms with Gasteiger partial charge in [0.05, 0.1) is 6.61 Å². The first kappa shape index (κ1) is 20.3. The Morgan fingerprint density at radius 1 is 1.14 bits per heavy atom. The van der Waals surface area contributed by atoms with E-state index in [0.29, 0.717) is 31.5 Å². The van der Waals surface area contributed by atoms with Crippen LogP contribution in [0.1, 0.15) is 49.5 Å². The largest absolute Gasteiger partial charge is 0.480 e. The molecule has 0 saturated carbocycles. The lowest BCUT2D eigenvalue weighted by Crippen LogP contribution is -2.59. The van der Waals surface area contributed by atoms with Gasteiger partial charge >= 0.3 is 5.97 Å². The van der Waals surface area contributed by atoms with Gasteiger partial charge in [-0.15, -0.1) is 0 Å². The molecule has 2 fully saturated rings. The molecule has 28 heavy (non-hydrogen) atoms. The van der Waals surface area contributed by atoms with E-state index in [1.54, 1.807) is 17.0 Å². The zero-order chi connectivity index (χ0) is 20.7. The molecule has 2 aliphatic rings. The van der Waals surface area contributed by atoms with Crippen LogP contribution in [0.4, 0.5) is 0 Å². The normalized spacial score (nSPS) is 21.8. The summed E-state index contributed by atoms with van der Waals surface area (Å²) in [6.45, 7) is 8.28. The molecular weight excluding hydrogens is 360 g/mol. The summed E-state index contributed by atoms with van der Waals surface area (Å²) in [7, 11) is 0. The molecule has 1 aromatic carbocycles. The number of amides is 2. The third-order valence-electron chi connectivity index (χ3n) is 5.61. The maximum absolute atomic E-state index is 13.3. The number of carbonyl (C=O) groups is 3. The van der Waals surface area contributed by atoms with Crippen LogP contribution in [0.2, 0.25) is 0 Å². The number of aliphatic carboxylic acids is 1. The summed E-state index contributed by atoms with van der Waals surface area (Å²) in [5.41, 5.74) is -0.205. The molecule has 7 nitrogen and oxygen atoms in total. The Morgan fingerprint density at radius 3 is 2.29 bits per heavy atom. The summed E-state index contributed by atoms with van der Waals surface area (Å²) < 4.78 is 5.95.